The van der Waals surface area contributed by atoms with Crippen LogP contribution in [0.2, 0.25) is 6.04 Å². The van der Waals surface area contributed by atoms with E-state index in [1.807, 2.05) is 0 Å². The third-order valence-corrected chi connectivity index (χ3v) is 10.2. The highest BCUT2D eigenvalue weighted by Gasteiger charge is 2.37. The molecule has 6 nitrogen and oxygen atoms in total. The maximum absolute atomic E-state index is 11.0. The molecule has 0 atom stereocenters. The first-order chi connectivity index (χ1) is 17.5. The van der Waals surface area contributed by atoms with E-state index in [1.165, 1.54) is 109 Å². The van der Waals surface area contributed by atoms with Crippen LogP contribution in [-0.2, 0) is 18.1 Å². The molecule has 0 unspecified atom stereocenters. The van der Waals surface area contributed by atoms with E-state index in [1.54, 1.807) is 21.3 Å². The SMILES string of the molecule is CCCCCCCCCCCCCCCCCCCCN(CCC[Si](OC)(OC)OC)CCC(=O)O. The Morgan fingerprint density at radius 1 is 0.583 bits per heavy atom. The summed E-state index contributed by atoms with van der Waals surface area (Å²) >= 11 is 0. The maximum Gasteiger partial charge on any atom is 0.500 e. The molecule has 0 amide bonds. The van der Waals surface area contributed by atoms with E-state index in [0.717, 1.165) is 32.0 Å². The average molecular weight is 532 g/mol. The highest BCUT2D eigenvalue weighted by Crippen LogP contribution is 2.17. The van der Waals surface area contributed by atoms with Gasteiger partial charge in [-0.1, -0.05) is 116 Å². The summed E-state index contributed by atoms with van der Waals surface area (Å²) < 4.78 is 16.5. The molecule has 0 fully saturated rings. The highest BCUT2D eigenvalue weighted by atomic mass is 28.4. The van der Waals surface area contributed by atoms with Crippen molar-refractivity contribution in [1.29, 1.82) is 0 Å². The fraction of sp³-hybridized carbons (Fsp3) is 0.966. The minimum Gasteiger partial charge on any atom is -0.481 e. The van der Waals surface area contributed by atoms with Crippen LogP contribution >= 0.6 is 0 Å². The first-order valence-electron chi connectivity index (χ1n) is 15.1. The van der Waals surface area contributed by atoms with Crippen LogP contribution in [0.1, 0.15) is 135 Å². The third kappa shape index (κ3) is 21.6. The Hall–Kier alpha value is -0.473. The molecule has 36 heavy (non-hydrogen) atoms. The summed E-state index contributed by atoms with van der Waals surface area (Å²) in [7, 11) is 2.36. The van der Waals surface area contributed by atoms with Crippen LogP contribution in [0.4, 0.5) is 0 Å². The number of aliphatic carboxylic acids is 1. The van der Waals surface area contributed by atoms with Crippen LogP contribution in [0.15, 0.2) is 0 Å². The fourth-order valence-electron chi connectivity index (χ4n) is 4.90. The van der Waals surface area contributed by atoms with Crippen LogP contribution < -0.4 is 0 Å². The van der Waals surface area contributed by atoms with Gasteiger partial charge in [0.05, 0.1) is 6.42 Å². The van der Waals surface area contributed by atoms with Gasteiger partial charge in [0.15, 0.2) is 0 Å². The number of rotatable bonds is 29. The lowest BCUT2D eigenvalue weighted by molar-refractivity contribution is -0.137. The molecule has 0 saturated carbocycles. The zero-order chi connectivity index (χ0) is 26.7. The van der Waals surface area contributed by atoms with Crippen molar-refractivity contribution in [3.8, 4) is 0 Å². The third-order valence-electron chi connectivity index (χ3n) is 7.36. The molecule has 216 valence electrons. The molecule has 0 saturated heterocycles. The number of unbranched alkanes of at least 4 members (excludes halogenated alkanes) is 17. The topological polar surface area (TPSA) is 68.2 Å². The Kier molecular flexibility index (Phi) is 25.8. The van der Waals surface area contributed by atoms with Crippen molar-refractivity contribution >= 4 is 14.8 Å². The summed E-state index contributed by atoms with van der Waals surface area (Å²) in [6, 6.07) is 0.749. The molecule has 0 aliphatic carbocycles. The normalized spacial score (nSPS) is 12.0. The fourth-order valence-corrected chi connectivity index (χ4v) is 6.61. The standard InChI is InChI=1S/C29H61NO5Si/c1-5-6-7-8-9-10-11-12-13-14-15-16-17-18-19-20-21-22-25-30(27-24-29(31)32)26-23-28-36(33-2,34-3)35-4/h5-28H2,1-4H3,(H,31,32). The van der Waals surface area contributed by atoms with Gasteiger partial charge < -0.3 is 23.3 Å². The minimum atomic E-state index is -2.55. The van der Waals surface area contributed by atoms with Gasteiger partial charge in [0.2, 0.25) is 0 Å². The number of nitrogens with zero attached hydrogens (tertiary/aromatic N) is 1. The van der Waals surface area contributed by atoms with Gasteiger partial charge in [-0.3, -0.25) is 4.79 Å². The summed E-state index contributed by atoms with van der Waals surface area (Å²) in [5.41, 5.74) is 0. The van der Waals surface area contributed by atoms with Crippen molar-refractivity contribution < 1.29 is 23.2 Å². The lowest BCUT2D eigenvalue weighted by Crippen LogP contribution is -2.43. The number of carboxylic acids is 1. The van der Waals surface area contributed by atoms with Gasteiger partial charge in [0.1, 0.15) is 0 Å². The van der Waals surface area contributed by atoms with Crippen LogP contribution in [0.25, 0.3) is 0 Å². The van der Waals surface area contributed by atoms with E-state index in [9.17, 15) is 4.79 Å². The van der Waals surface area contributed by atoms with Crippen LogP contribution in [0.5, 0.6) is 0 Å². The molecule has 0 rings (SSSR count). The first kappa shape index (κ1) is 35.5. The number of hydrogen-bond donors (Lipinski definition) is 1. The second kappa shape index (κ2) is 26.1. The molecule has 0 bridgehead atoms. The van der Waals surface area contributed by atoms with Crippen LogP contribution in [0, 0.1) is 0 Å². The quantitative estimate of drug-likeness (QED) is 0.0777. The summed E-state index contributed by atoms with van der Waals surface area (Å²) in [6.45, 7) is 4.72. The Bertz CT molecular complexity index is 468. The van der Waals surface area contributed by atoms with Crippen molar-refractivity contribution in [2.45, 2.75) is 141 Å². The zero-order valence-corrected chi connectivity index (χ0v) is 25.5. The molecule has 0 aromatic heterocycles. The first-order valence-corrected chi connectivity index (χ1v) is 17.1. The summed E-state index contributed by atoms with van der Waals surface area (Å²) in [5.74, 6) is -0.729. The van der Waals surface area contributed by atoms with Gasteiger partial charge in [-0.2, -0.15) is 0 Å². The van der Waals surface area contributed by atoms with Crippen molar-refractivity contribution in [1.82, 2.24) is 4.90 Å². The second-order valence-electron chi connectivity index (χ2n) is 10.4. The van der Waals surface area contributed by atoms with E-state index >= 15 is 0 Å². The molecule has 0 aromatic rings. The molecule has 0 aliphatic heterocycles. The monoisotopic (exact) mass is 531 g/mol. The summed E-state index contributed by atoms with van der Waals surface area (Å²) in [6.07, 6.45) is 25.9. The molecule has 0 heterocycles. The Labute approximate surface area is 225 Å². The van der Waals surface area contributed by atoms with Crippen molar-refractivity contribution in [2.75, 3.05) is 41.0 Å². The van der Waals surface area contributed by atoms with E-state index in [-0.39, 0.29) is 6.42 Å². The molecule has 0 aliphatic rings. The van der Waals surface area contributed by atoms with Crippen molar-refractivity contribution in [3.05, 3.63) is 0 Å². The van der Waals surface area contributed by atoms with Gasteiger partial charge in [-0.25, -0.2) is 0 Å². The molecule has 0 aromatic carbocycles. The van der Waals surface area contributed by atoms with Crippen LogP contribution in [0.3, 0.4) is 0 Å². The maximum atomic E-state index is 11.0. The van der Waals surface area contributed by atoms with E-state index in [4.69, 9.17) is 18.4 Å². The second-order valence-corrected chi connectivity index (χ2v) is 13.5. The molecule has 1 N–H and O–H groups in total. The van der Waals surface area contributed by atoms with Crippen molar-refractivity contribution in [2.24, 2.45) is 0 Å². The van der Waals surface area contributed by atoms with Gasteiger partial charge >= 0.3 is 14.8 Å². The van der Waals surface area contributed by atoms with Gasteiger partial charge in [-0.15, -0.1) is 0 Å². The van der Waals surface area contributed by atoms with E-state index in [0.29, 0.717) is 6.54 Å². The lowest BCUT2D eigenvalue weighted by atomic mass is 10.0. The Morgan fingerprint density at radius 2 is 0.944 bits per heavy atom. The Balaban J connectivity index is 3.69. The molecule has 7 heteroatoms. The van der Waals surface area contributed by atoms with Gasteiger partial charge in [-0.05, 0) is 25.9 Å². The molecular formula is C29H61NO5Si. The number of carbonyl (C=O) groups is 1. The number of carboxylic acid groups (broad SMARTS) is 1. The largest absolute Gasteiger partial charge is 0.500 e. The van der Waals surface area contributed by atoms with Gasteiger partial charge in [0, 0.05) is 33.9 Å². The Morgan fingerprint density at radius 3 is 1.31 bits per heavy atom. The summed E-state index contributed by atoms with van der Waals surface area (Å²) in [4.78, 5) is 13.3. The zero-order valence-electron chi connectivity index (χ0n) is 24.5. The predicted molar refractivity (Wildman–Crippen MR) is 154 cm³/mol. The lowest BCUT2D eigenvalue weighted by Gasteiger charge is -2.26. The molecule has 0 radical (unpaired) electrons. The van der Waals surface area contributed by atoms with Crippen LogP contribution in [-0.4, -0.2) is 65.7 Å². The summed E-state index contributed by atoms with van der Waals surface area (Å²) in [5, 5.41) is 9.08. The van der Waals surface area contributed by atoms with Gasteiger partial charge in [0.25, 0.3) is 0 Å². The molecule has 0 spiro atoms. The van der Waals surface area contributed by atoms with E-state index in [2.05, 4.69) is 11.8 Å². The van der Waals surface area contributed by atoms with E-state index < -0.39 is 14.8 Å². The molecular weight excluding hydrogens is 470 g/mol. The smallest absolute Gasteiger partial charge is 0.481 e. The van der Waals surface area contributed by atoms with Crippen molar-refractivity contribution in [3.63, 3.8) is 0 Å². The minimum absolute atomic E-state index is 0.195. The highest BCUT2D eigenvalue weighted by molar-refractivity contribution is 6.60. The predicted octanol–water partition coefficient (Wildman–Crippen LogP) is 8.07. The average Bonchev–Trinajstić information content (AvgIpc) is 2.88. The number of hydrogen-bond acceptors (Lipinski definition) is 5.